The van der Waals surface area contributed by atoms with Crippen molar-refractivity contribution in [3.63, 3.8) is 0 Å². The summed E-state index contributed by atoms with van der Waals surface area (Å²) < 4.78 is 5.46. The summed E-state index contributed by atoms with van der Waals surface area (Å²) in [5.41, 5.74) is 1.38. The van der Waals surface area contributed by atoms with E-state index < -0.39 is 5.97 Å². The van der Waals surface area contributed by atoms with Gasteiger partial charge in [-0.05, 0) is 34.6 Å². The first-order chi connectivity index (χ1) is 8.79. The first-order valence-corrected chi connectivity index (χ1v) is 6.38. The van der Waals surface area contributed by atoms with Gasteiger partial charge in [0.05, 0.1) is 12.0 Å². The molecule has 0 aliphatic heterocycles. The number of furan rings is 1. The summed E-state index contributed by atoms with van der Waals surface area (Å²) in [6.07, 6.45) is -0.0610. The highest BCUT2D eigenvalue weighted by molar-refractivity contribution is 5.97. The van der Waals surface area contributed by atoms with Gasteiger partial charge in [0.25, 0.3) is 5.91 Å². The molecule has 1 unspecified atom stereocenters. The molecule has 0 aliphatic carbocycles. The lowest BCUT2D eigenvalue weighted by atomic mass is 10.1. The molecule has 0 aromatic carbocycles. The van der Waals surface area contributed by atoms with E-state index >= 15 is 0 Å². The van der Waals surface area contributed by atoms with E-state index in [9.17, 15) is 9.59 Å². The summed E-state index contributed by atoms with van der Waals surface area (Å²) in [7, 11) is 0. The Hall–Kier alpha value is -1.78. The maximum atomic E-state index is 12.5. The molecule has 0 saturated heterocycles. The molecule has 1 N–H and O–H groups in total. The Bertz CT molecular complexity index is 490. The summed E-state index contributed by atoms with van der Waals surface area (Å²) >= 11 is 0. The molecule has 0 spiro atoms. The molecule has 0 aliphatic rings. The monoisotopic (exact) mass is 267 g/mol. The van der Waals surface area contributed by atoms with Gasteiger partial charge < -0.3 is 14.4 Å². The number of aliphatic carboxylic acids is 1. The average Bonchev–Trinajstić information content (AvgIpc) is 2.52. The molecule has 0 saturated carbocycles. The van der Waals surface area contributed by atoms with Gasteiger partial charge in [-0.3, -0.25) is 9.59 Å². The van der Waals surface area contributed by atoms with Crippen LogP contribution < -0.4 is 0 Å². The molecule has 0 fully saturated rings. The molecule has 1 heterocycles. The zero-order valence-electron chi connectivity index (χ0n) is 12.1. The van der Waals surface area contributed by atoms with E-state index in [-0.39, 0.29) is 18.4 Å². The number of nitrogens with zero attached hydrogens (tertiary/aromatic N) is 1. The maximum Gasteiger partial charge on any atom is 0.305 e. The standard InChI is InChI=1S/C14H21NO4/c1-6-15(8(2)7-12(16)17)14(18)13-9(3)10(4)19-11(13)5/h8H,6-7H2,1-5H3,(H,16,17). The highest BCUT2D eigenvalue weighted by atomic mass is 16.4. The Morgan fingerprint density at radius 2 is 1.84 bits per heavy atom. The summed E-state index contributed by atoms with van der Waals surface area (Å²) in [5.74, 6) is 0.238. The van der Waals surface area contributed by atoms with Gasteiger partial charge in [0.15, 0.2) is 0 Å². The van der Waals surface area contributed by atoms with Crippen molar-refractivity contribution >= 4 is 11.9 Å². The molecular formula is C14H21NO4. The van der Waals surface area contributed by atoms with E-state index in [4.69, 9.17) is 9.52 Å². The minimum Gasteiger partial charge on any atom is -0.481 e. The van der Waals surface area contributed by atoms with Crippen molar-refractivity contribution in [2.75, 3.05) is 6.54 Å². The molecule has 5 nitrogen and oxygen atoms in total. The number of carbonyl (C=O) groups excluding carboxylic acids is 1. The van der Waals surface area contributed by atoms with E-state index in [0.717, 1.165) is 11.3 Å². The number of carboxylic acid groups (broad SMARTS) is 1. The molecule has 0 radical (unpaired) electrons. The van der Waals surface area contributed by atoms with Crippen molar-refractivity contribution in [1.82, 2.24) is 4.90 Å². The van der Waals surface area contributed by atoms with Crippen LogP contribution in [0.2, 0.25) is 0 Å². The Labute approximate surface area is 113 Å². The smallest absolute Gasteiger partial charge is 0.305 e. The van der Waals surface area contributed by atoms with Gasteiger partial charge in [0.1, 0.15) is 11.5 Å². The SMILES string of the molecule is CCN(C(=O)c1c(C)oc(C)c1C)C(C)CC(=O)O. The molecule has 1 aromatic heterocycles. The molecular weight excluding hydrogens is 246 g/mol. The van der Waals surface area contributed by atoms with Gasteiger partial charge in [0, 0.05) is 18.2 Å². The second-order valence-corrected chi connectivity index (χ2v) is 4.75. The summed E-state index contributed by atoms with van der Waals surface area (Å²) in [4.78, 5) is 24.9. The first kappa shape index (κ1) is 15.3. The predicted molar refractivity (Wildman–Crippen MR) is 71.3 cm³/mol. The van der Waals surface area contributed by atoms with Crippen LogP contribution in [0.5, 0.6) is 0 Å². The number of carbonyl (C=O) groups is 2. The van der Waals surface area contributed by atoms with Crippen LogP contribution in [0.4, 0.5) is 0 Å². The Morgan fingerprint density at radius 3 is 2.21 bits per heavy atom. The zero-order chi connectivity index (χ0) is 14.7. The lowest BCUT2D eigenvalue weighted by molar-refractivity contribution is -0.138. The average molecular weight is 267 g/mol. The van der Waals surface area contributed by atoms with Crippen molar-refractivity contribution in [2.24, 2.45) is 0 Å². The van der Waals surface area contributed by atoms with Crippen molar-refractivity contribution in [1.29, 1.82) is 0 Å². The minimum atomic E-state index is -0.907. The van der Waals surface area contributed by atoms with Gasteiger partial charge >= 0.3 is 5.97 Å². The van der Waals surface area contributed by atoms with Gasteiger partial charge in [-0.1, -0.05) is 0 Å². The van der Waals surface area contributed by atoms with Crippen LogP contribution in [-0.2, 0) is 4.79 Å². The van der Waals surface area contributed by atoms with Crippen molar-refractivity contribution in [2.45, 2.75) is 47.1 Å². The quantitative estimate of drug-likeness (QED) is 0.890. The highest BCUT2D eigenvalue weighted by Crippen LogP contribution is 2.23. The van der Waals surface area contributed by atoms with Crippen LogP contribution in [0.15, 0.2) is 4.42 Å². The molecule has 106 valence electrons. The largest absolute Gasteiger partial charge is 0.481 e. The Balaban J connectivity index is 3.05. The molecule has 5 heteroatoms. The lowest BCUT2D eigenvalue weighted by Gasteiger charge is -2.27. The lowest BCUT2D eigenvalue weighted by Crippen LogP contribution is -2.40. The Kier molecular flexibility index (Phi) is 4.75. The fourth-order valence-corrected chi connectivity index (χ4v) is 2.27. The van der Waals surface area contributed by atoms with E-state index in [2.05, 4.69) is 0 Å². The van der Waals surface area contributed by atoms with Crippen LogP contribution in [0.1, 0.15) is 47.7 Å². The van der Waals surface area contributed by atoms with Crippen LogP contribution >= 0.6 is 0 Å². The molecule has 1 rings (SSSR count). The molecule has 19 heavy (non-hydrogen) atoms. The number of hydrogen-bond acceptors (Lipinski definition) is 3. The third-order valence-corrected chi connectivity index (χ3v) is 3.38. The normalized spacial score (nSPS) is 12.3. The first-order valence-electron chi connectivity index (χ1n) is 6.38. The van der Waals surface area contributed by atoms with Gasteiger partial charge in [-0.25, -0.2) is 0 Å². The van der Waals surface area contributed by atoms with Crippen molar-refractivity contribution in [3.05, 3.63) is 22.6 Å². The predicted octanol–water partition coefficient (Wildman–Crippen LogP) is 2.53. The number of hydrogen-bond donors (Lipinski definition) is 1. The molecule has 1 atom stereocenters. The topological polar surface area (TPSA) is 70.8 Å². The summed E-state index contributed by atoms with van der Waals surface area (Å²) in [6.45, 7) is 9.46. The molecule has 1 amide bonds. The number of rotatable bonds is 5. The number of amides is 1. The van der Waals surface area contributed by atoms with Crippen LogP contribution in [0.25, 0.3) is 0 Å². The zero-order valence-corrected chi connectivity index (χ0v) is 12.1. The second kappa shape index (κ2) is 5.91. The fourth-order valence-electron chi connectivity index (χ4n) is 2.27. The van der Waals surface area contributed by atoms with Gasteiger partial charge in [-0.15, -0.1) is 0 Å². The number of carboxylic acids is 1. The second-order valence-electron chi connectivity index (χ2n) is 4.75. The minimum absolute atomic E-state index is 0.0610. The van der Waals surface area contributed by atoms with Crippen LogP contribution in [0, 0.1) is 20.8 Å². The van der Waals surface area contributed by atoms with E-state index in [1.807, 2.05) is 20.8 Å². The van der Waals surface area contributed by atoms with Crippen LogP contribution in [-0.4, -0.2) is 34.5 Å². The highest BCUT2D eigenvalue weighted by Gasteiger charge is 2.27. The summed E-state index contributed by atoms with van der Waals surface area (Å²) in [5, 5.41) is 8.84. The summed E-state index contributed by atoms with van der Waals surface area (Å²) in [6, 6.07) is -0.344. The van der Waals surface area contributed by atoms with Crippen molar-refractivity contribution in [3.8, 4) is 0 Å². The third kappa shape index (κ3) is 3.16. The fraction of sp³-hybridized carbons (Fsp3) is 0.571. The molecule has 0 bridgehead atoms. The van der Waals surface area contributed by atoms with E-state index in [1.165, 1.54) is 0 Å². The van der Waals surface area contributed by atoms with Crippen molar-refractivity contribution < 1.29 is 19.1 Å². The van der Waals surface area contributed by atoms with Gasteiger partial charge in [0.2, 0.25) is 0 Å². The van der Waals surface area contributed by atoms with E-state index in [1.54, 1.807) is 18.7 Å². The molecule has 1 aromatic rings. The Morgan fingerprint density at radius 1 is 1.26 bits per heavy atom. The van der Waals surface area contributed by atoms with E-state index in [0.29, 0.717) is 17.9 Å². The third-order valence-electron chi connectivity index (χ3n) is 3.38. The van der Waals surface area contributed by atoms with Gasteiger partial charge in [-0.2, -0.15) is 0 Å². The maximum absolute atomic E-state index is 12.5. The number of aryl methyl sites for hydroxylation is 2. The van der Waals surface area contributed by atoms with Crippen LogP contribution in [0.3, 0.4) is 0 Å².